The number of hydrogen-bond donors (Lipinski definition) is 1. The number of H-pyrrole nitrogens is 1. The third-order valence-corrected chi connectivity index (χ3v) is 1.15. The molecule has 0 amide bonds. The van der Waals surface area contributed by atoms with Gasteiger partial charge in [-0.3, -0.25) is 0 Å². The molecule has 0 atom stereocenters. The molecule has 2 heterocycles. The summed E-state index contributed by atoms with van der Waals surface area (Å²) in [5.41, 5.74) is 0. The molecule has 4 nitrogen and oxygen atoms in total. The summed E-state index contributed by atoms with van der Waals surface area (Å²) in [6, 6.07) is 0. The number of hydrogen-bond acceptors (Lipinski definition) is 3. The molecule has 0 aromatic carbocycles. The maximum absolute atomic E-state index is 4.94. The largest absolute Gasteiger partial charge is 0.377 e. The van der Waals surface area contributed by atoms with Crippen LogP contribution in [0.1, 0.15) is 0 Å². The van der Waals surface area contributed by atoms with Crippen molar-refractivity contribution in [3.05, 3.63) is 18.7 Å². The van der Waals surface area contributed by atoms with Crippen molar-refractivity contribution in [2.45, 2.75) is 0 Å². The monoisotopic (exact) mass is 179 g/mol. The molecule has 1 fully saturated rings. The normalized spacial score (nSPS) is 15.3. The Morgan fingerprint density at radius 2 is 1.67 bits per heavy atom. The Bertz CT molecular complexity index is 126. The maximum Gasteiger partial charge on any atom is 0.0919 e. The first-order valence-electron chi connectivity index (χ1n) is 3.58. The minimum absolute atomic E-state index is 0. The second-order valence-corrected chi connectivity index (χ2v) is 1.99. The second kappa shape index (κ2) is 9.22. The molecule has 2 rings (SSSR count). The number of nitrogens with zero attached hydrogens (tertiary/aromatic N) is 1. The average Bonchev–Trinajstić information content (AvgIpc) is 2.64. The second-order valence-electron chi connectivity index (χ2n) is 1.99. The van der Waals surface area contributed by atoms with Crippen molar-refractivity contribution >= 4 is 29.6 Å². The van der Waals surface area contributed by atoms with Crippen LogP contribution in [0.2, 0.25) is 0 Å². The van der Waals surface area contributed by atoms with Gasteiger partial charge in [-0.15, -0.1) is 0 Å². The van der Waals surface area contributed by atoms with Crippen LogP contribution in [0.4, 0.5) is 0 Å². The van der Waals surface area contributed by atoms with E-state index in [4.69, 9.17) is 9.47 Å². The Balaban J connectivity index is 0.000000189. The molecule has 1 N–H and O–H groups in total. The molecule has 0 aliphatic carbocycles. The predicted molar refractivity (Wildman–Crippen MR) is 46.0 cm³/mol. The van der Waals surface area contributed by atoms with Gasteiger partial charge in [0.25, 0.3) is 0 Å². The number of ether oxygens (including phenoxy) is 2. The Kier molecular flexibility index (Phi) is 9.32. The third-order valence-electron chi connectivity index (χ3n) is 1.15. The molecule has 1 aromatic heterocycles. The van der Waals surface area contributed by atoms with E-state index in [1.165, 1.54) is 0 Å². The number of nitrogens with one attached hydrogen (secondary N) is 1. The van der Waals surface area contributed by atoms with E-state index in [0.29, 0.717) is 0 Å². The summed E-state index contributed by atoms with van der Waals surface area (Å²) in [6.07, 6.45) is 5.08. The standard InChI is InChI=1S/C4H8O2.C3H4N2.Na/c1-2-6-4-3-5-1;1-2-5-3-4-1;/h1-4H2;1-3H,(H,4,5);. The van der Waals surface area contributed by atoms with Gasteiger partial charge in [0.2, 0.25) is 0 Å². The molecular formula is C7H12N2NaO2. The van der Waals surface area contributed by atoms with Crippen LogP contribution < -0.4 is 0 Å². The molecule has 0 saturated carbocycles. The van der Waals surface area contributed by atoms with E-state index in [1.54, 1.807) is 18.7 Å². The molecule has 63 valence electrons. The van der Waals surface area contributed by atoms with Crippen LogP contribution in [-0.4, -0.2) is 66.0 Å². The van der Waals surface area contributed by atoms with Gasteiger partial charge in [-0.2, -0.15) is 0 Å². The van der Waals surface area contributed by atoms with Gasteiger partial charge in [-0.05, 0) is 0 Å². The van der Waals surface area contributed by atoms with Gasteiger partial charge in [-0.1, -0.05) is 0 Å². The fraction of sp³-hybridized carbons (Fsp3) is 0.571. The van der Waals surface area contributed by atoms with Crippen molar-refractivity contribution in [3.8, 4) is 0 Å². The number of imidazole rings is 1. The topological polar surface area (TPSA) is 47.1 Å². The van der Waals surface area contributed by atoms with Gasteiger partial charge >= 0.3 is 0 Å². The van der Waals surface area contributed by atoms with Crippen molar-refractivity contribution in [2.24, 2.45) is 0 Å². The third kappa shape index (κ3) is 6.82. The summed E-state index contributed by atoms with van der Waals surface area (Å²) in [6.45, 7) is 3.11. The molecule has 0 spiro atoms. The van der Waals surface area contributed by atoms with Crippen molar-refractivity contribution in [1.29, 1.82) is 0 Å². The zero-order valence-electron chi connectivity index (χ0n) is 7.32. The van der Waals surface area contributed by atoms with Crippen LogP contribution in [0.15, 0.2) is 18.7 Å². The first-order chi connectivity index (χ1) is 5.50. The van der Waals surface area contributed by atoms with E-state index in [2.05, 4.69) is 9.97 Å². The van der Waals surface area contributed by atoms with Crippen molar-refractivity contribution in [3.63, 3.8) is 0 Å². The first-order valence-corrected chi connectivity index (χ1v) is 3.58. The number of aromatic nitrogens is 2. The Labute approximate surface area is 94.0 Å². The summed E-state index contributed by atoms with van der Waals surface area (Å²) in [7, 11) is 0. The van der Waals surface area contributed by atoms with E-state index in [9.17, 15) is 0 Å². The SMILES string of the molecule is C1COCCO1.[Na].c1c[nH]cn1. The zero-order chi connectivity index (χ0) is 7.78. The molecular weight excluding hydrogens is 167 g/mol. The van der Waals surface area contributed by atoms with E-state index in [0.717, 1.165) is 26.4 Å². The maximum atomic E-state index is 4.94. The Hall–Kier alpha value is 0.130. The summed E-state index contributed by atoms with van der Waals surface area (Å²) in [5.74, 6) is 0. The van der Waals surface area contributed by atoms with Gasteiger partial charge in [0.05, 0.1) is 32.8 Å². The summed E-state index contributed by atoms with van der Waals surface area (Å²) >= 11 is 0. The van der Waals surface area contributed by atoms with Crippen LogP contribution >= 0.6 is 0 Å². The molecule has 1 aromatic rings. The van der Waals surface area contributed by atoms with E-state index in [1.807, 2.05) is 0 Å². The van der Waals surface area contributed by atoms with Crippen LogP contribution in [0.25, 0.3) is 0 Å². The van der Waals surface area contributed by atoms with Crippen molar-refractivity contribution in [1.82, 2.24) is 9.97 Å². The van der Waals surface area contributed by atoms with Gasteiger partial charge in [-0.25, -0.2) is 4.98 Å². The predicted octanol–water partition coefficient (Wildman–Crippen LogP) is 0.0621. The minimum Gasteiger partial charge on any atom is -0.377 e. The fourth-order valence-corrected chi connectivity index (χ4v) is 0.655. The molecule has 12 heavy (non-hydrogen) atoms. The smallest absolute Gasteiger partial charge is 0.0919 e. The Morgan fingerprint density at radius 1 is 1.08 bits per heavy atom. The summed E-state index contributed by atoms with van der Waals surface area (Å²) < 4.78 is 9.89. The van der Waals surface area contributed by atoms with E-state index < -0.39 is 0 Å². The van der Waals surface area contributed by atoms with E-state index >= 15 is 0 Å². The fourth-order valence-electron chi connectivity index (χ4n) is 0.655. The minimum atomic E-state index is 0. The van der Waals surface area contributed by atoms with Crippen LogP contribution in [0, 0.1) is 0 Å². The molecule has 5 heteroatoms. The van der Waals surface area contributed by atoms with Crippen LogP contribution in [-0.2, 0) is 9.47 Å². The molecule has 1 saturated heterocycles. The summed E-state index contributed by atoms with van der Waals surface area (Å²) in [5, 5.41) is 0. The number of rotatable bonds is 0. The van der Waals surface area contributed by atoms with Gasteiger partial charge in [0, 0.05) is 42.0 Å². The van der Waals surface area contributed by atoms with Gasteiger partial charge in [0.15, 0.2) is 0 Å². The van der Waals surface area contributed by atoms with E-state index in [-0.39, 0.29) is 29.6 Å². The molecule has 1 aliphatic rings. The quantitative estimate of drug-likeness (QED) is 0.573. The Morgan fingerprint density at radius 3 is 1.83 bits per heavy atom. The number of aromatic amines is 1. The molecule has 0 unspecified atom stereocenters. The van der Waals surface area contributed by atoms with Crippen molar-refractivity contribution in [2.75, 3.05) is 26.4 Å². The van der Waals surface area contributed by atoms with Crippen LogP contribution in [0.3, 0.4) is 0 Å². The molecule has 1 aliphatic heterocycles. The molecule has 0 bridgehead atoms. The summed E-state index contributed by atoms with van der Waals surface area (Å²) in [4.78, 5) is 6.42. The van der Waals surface area contributed by atoms with Gasteiger partial charge < -0.3 is 14.5 Å². The average molecular weight is 179 g/mol. The van der Waals surface area contributed by atoms with Crippen molar-refractivity contribution < 1.29 is 9.47 Å². The first kappa shape index (κ1) is 12.1. The van der Waals surface area contributed by atoms with Gasteiger partial charge in [0.1, 0.15) is 0 Å². The zero-order valence-corrected chi connectivity index (χ0v) is 9.32. The van der Waals surface area contributed by atoms with Crippen LogP contribution in [0.5, 0.6) is 0 Å². The molecule has 1 radical (unpaired) electrons.